The highest BCUT2D eigenvalue weighted by Crippen LogP contribution is 2.13. The molecule has 0 aromatic carbocycles. The summed E-state index contributed by atoms with van der Waals surface area (Å²) in [5, 5.41) is 4.03. The zero-order valence-electron chi connectivity index (χ0n) is 10.2. The molecule has 0 unspecified atom stereocenters. The summed E-state index contributed by atoms with van der Waals surface area (Å²) in [6.45, 7) is 8.73. The van der Waals surface area contributed by atoms with Gasteiger partial charge in [-0.05, 0) is 19.8 Å². The number of nitrogens with one attached hydrogen (secondary N) is 1. The van der Waals surface area contributed by atoms with Gasteiger partial charge in [0.1, 0.15) is 4.90 Å². The van der Waals surface area contributed by atoms with Gasteiger partial charge < -0.3 is 0 Å². The van der Waals surface area contributed by atoms with E-state index in [1.807, 2.05) is 20.8 Å². The number of hydrogen-bond acceptors (Lipinski definition) is 3. The zero-order chi connectivity index (χ0) is 12.3. The van der Waals surface area contributed by atoms with E-state index >= 15 is 0 Å². The summed E-state index contributed by atoms with van der Waals surface area (Å²) in [4.78, 5) is 0.273. The molecule has 0 bridgehead atoms. The Kier molecular flexibility index (Phi) is 4.09. The number of sulfonamides is 1. The van der Waals surface area contributed by atoms with Crippen LogP contribution in [0.5, 0.6) is 0 Å². The molecule has 0 fully saturated rings. The molecule has 0 aliphatic heterocycles. The molecule has 0 atom stereocenters. The van der Waals surface area contributed by atoms with Crippen molar-refractivity contribution >= 4 is 10.0 Å². The Bertz CT molecular complexity index is 449. The van der Waals surface area contributed by atoms with E-state index in [0.29, 0.717) is 18.8 Å². The molecule has 1 aromatic rings. The third kappa shape index (κ3) is 2.82. The van der Waals surface area contributed by atoms with Crippen LogP contribution in [0, 0.1) is 12.8 Å². The molecular weight excluding hydrogens is 226 g/mol. The van der Waals surface area contributed by atoms with Crippen LogP contribution in [0.3, 0.4) is 0 Å². The van der Waals surface area contributed by atoms with Crippen molar-refractivity contribution in [3.63, 3.8) is 0 Å². The molecule has 0 saturated heterocycles. The van der Waals surface area contributed by atoms with Crippen LogP contribution in [0.2, 0.25) is 0 Å². The average molecular weight is 245 g/mol. The van der Waals surface area contributed by atoms with Crippen LogP contribution in [0.4, 0.5) is 0 Å². The van der Waals surface area contributed by atoms with E-state index in [2.05, 4.69) is 9.82 Å². The highest BCUT2D eigenvalue weighted by Gasteiger charge is 2.20. The second-order valence-electron chi connectivity index (χ2n) is 4.16. The van der Waals surface area contributed by atoms with Gasteiger partial charge in [-0.15, -0.1) is 0 Å². The Morgan fingerprint density at radius 2 is 2.12 bits per heavy atom. The van der Waals surface area contributed by atoms with Crippen molar-refractivity contribution in [1.82, 2.24) is 14.5 Å². The molecule has 0 aliphatic carbocycles. The fourth-order valence-electron chi connectivity index (χ4n) is 1.37. The predicted molar refractivity (Wildman–Crippen MR) is 62.7 cm³/mol. The lowest BCUT2D eigenvalue weighted by Crippen LogP contribution is -2.27. The van der Waals surface area contributed by atoms with Crippen molar-refractivity contribution in [3.05, 3.63) is 11.9 Å². The highest BCUT2D eigenvalue weighted by atomic mass is 32.2. The second kappa shape index (κ2) is 4.97. The topological polar surface area (TPSA) is 64.0 Å². The minimum atomic E-state index is -3.41. The fourth-order valence-corrected chi connectivity index (χ4v) is 2.75. The van der Waals surface area contributed by atoms with E-state index in [0.717, 1.165) is 0 Å². The molecule has 0 radical (unpaired) electrons. The van der Waals surface area contributed by atoms with Gasteiger partial charge in [0.15, 0.2) is 0 Å². The average Bonchev–Trinajstić information content (AvgIpc) is 2.57. The third-order valence-electron chi connectivity index (χ3n) is 2.33. The quantitative estimate of drug-likeness (QED) is 0.846. The van der Waals surface area contributed by atoms with Crippen LogP contribution < -0.4 is 4.72 Å². The minimum Gasteiger partial charge on any atom is -0.269 e. The molecule has 1 heterocycles. The standard InChI is InChI=1S/C10H19N3O2S/c1-5-13-9(4)10(7-11-13)16(14,15)12-6-8(2)3/h7-8,12H,5-6H2,1-4H3. The maximum atomic E-state index is 11.9. The summed E-state index contributed by atoms with van der Waals surface area (Å²) in [5.74, 6) is 0.288. The molecule has 5 nitrogen and oxygen atoms in total. The van der Waals surface area contributed by atoms with Gasteiger partial charge in [-0.3, -0.25) is 4.68 Å². The maximum absolute atomic E-state index is 11.9. The van der Waals surface area contributed by atoms with Crippen LogP contribution >= 0.6 is 0 Å². The lowest BCUT2D eigenvalue weighted by Gasteiger charge is -2.08. The SMILES string of the molecule is CCn1ncc(S(=O)(=O)NCC(C)C)c1C. The minimum absolute atomic E-state index is 0.273. The summed E-state index contributed by atoms with van der Waals surface area (Å²) in [6.07, 6.45) is 1.40. The van der Waals surface area contributed by atoms with Gasteiger partial charge in [-0.2, -0.15) is 5.10 Å². The number of rotatable bonds is 5. The molecule has 1 aromatic heterocycles. The van der Waals surface area contributed by atoms with Crippen molar-refractivity contribution in [2.24, 2.45) is 5.92 Å². The molecule has 0 saturated carbocycles. The van der Waals surface area contributed by atoms with E-state index in [4.69, 9.17) is 0 Å². The van der Waals surface area contributed by atoms with Gasteiger partial charge in [-0.25, -0.2) is 13.1 Å². The van der Waals surface area contributed by atoms with Crippen molar-refractivity contribution in [2.75, 3.05) is 6.54 Å². The van der Waals surface area contributed by atoms with Crippen LogP contribution in [0.15, 0.2) is 11.1 Å². The summed E-state index contributed by atoms with van der Waals surface area (Å²) in [7, 11) is -3.41. The first-order valence-electron chi connectivity index (χ1n) is 5.40. The van der Waals surface area contributed by atoms with Gasteiger partial charge in [0.2, 0.25) is 10.0 Å². The maximum Gasteiger partial charge on any atom is 0.243 e. The smallest absolute Gasteiger partial charge is 0.243 e. The van der Waals surface area contributed by atoms with Gasteiger partial charge in [0, 0.05) is 13.1 Å². The fraction of sp³-hybridized carbons (Fsp3) is 0.700. The second-order valence-corrected chi connectivity index (χ2v) is 5.89. The Morgan fingerprint density at radius 1 is 1.50 bits per heavy atom. The van der Waals surface area contributed by atoms with Crippen molar-refractivity contribution in [1.29, 1.82) is 0 Å². The lowest BCUT2D eigenvalue weighted by atomic mass is 10.2. The molecule has 1 N–H and O–H groups in total. The largest absolute Gasteiger partial charge is 0.269 e. The zero-order valence-corrected chi connectivity index (χ0v) is 11.0. The Hall–Kier alpha value is -0.880. The Balaban J connectivity index is 2.94. The molecule has 0 amide bonds. The summed E-state index contributed by atoms with van der Waals surface area (Å²) < 4.78 is 28.1. The van der Waals surface area contributed by atoms with Crippen LogP contribution in [0.1, 0.15) is 26.5 Å². The van der Waals surface area contributed by atoms with Gasteiger partial charge >= 0.3 is 0 Å². The highest BCUT2D eigenvalue weighted by molar-refractivity contribution is 7.89. The van der Waals surface area contributed by atoms with E-state index in [1.54, 1.807) is 11.6 Å². The molecule has 92 valence electrons. The molecule has 1 rings (SSSR count). The first-order chi connectivity index (χ1) is 7.38. The van der Waals surface area contributed by atoms with Crippen LogP contribution in [-0.2, 0) is 16.6 Å². The van der Waals surface area contributed by atoms with Gasteiger partial charge in [0.05, 0.1) is 11.9 Å². The summed E-state index contributed by atoms with van der Waals surface area (Å²) >= 11 is 0. The Labute approximate surface area is 96.9 Å². The monoisotopic (exact) mass is 245 g/mol. The van der Waals surface area contributed by atoms with Crippen molar-refractivity contribution in [2.45, 2.75) is 39.1 Å². The van der Waals surface area contributed by atoms with Gasteiger partial charge in [0.25, 0.3) is 0 Å². The van der Waals surface area contributed by atoms with Gasteiger partial charge in [-0.1, -0.05) is 13.8 Å². The molecular formula is C10H19N3O2S. The van der Waals surface area contributed by atoms with E-state index in [9.17, 15) is 8.42 Å². The van der Waals surface area contributed by atoms with Crippen molar-refractivity contribution in [3.8, 4) is 0 Å². The van der Waals surface area contributed by atoms with Crippen molar-refractivity contribution < 1.29 is 8.42 Å². The molecule has 0 spiro atoms. The number of hydrogen-bond donors (Lipinski definition) is 1. The number of aromatic nitrogens is 2. The van der Waals surface area contributed by atoms with Crippen LogP contribution in [-0.4, -0.2) is 24.7 Å². The summed E-state index contributed by atoms with van der Waals surface area (Å²) in [5.41, 5.74) is 0.679. The number of nitrogens with zero attached hydrogens (tertiary/aromatic N) is 2. The van der Waals surface area contributed by atoms with E-state index in [1.165, 1.54) is 6.20 Å². The van der Waals surface area contributed by atoms with E-state index < -0.39 is 10.0 Å². The third-order valence-corrected chi connectivity index (χ3v) is 3.86. The Morgan fingerprint density at radius 3 is 2.56 bits per heavy atom. The lowest BCUT2D eigenvalue weighted by molar-refractivity contribution is 0.558. The van der Waals surface area contributed by atoms with Crippen LogP contribution in [0.25, 0.3) is 0 Å². The molecule has 0 aliphatic rings. The first kappa shape index (κ1) is 13.2. The normalized spacial score (nSPS) is 12.3. The number of aryl methyl sites for hydroxylation is 1. The molecule has 16 heavy (non-hydrogen) atoms. The molecule has 6 heteroatoms. The van der Waals surface area contributed by atoms with E-state index in [-0.39, 0.29) is 10.8 Å². The first-order valence-corrected chi connectivity index (χ1v) is 6.89. The summed E-state index contributed by atoms with van der Waals surface area (Å²) in [6, 6.07) is 0. The predicted octanol–water partition coefficient (Wildman–Crippen LogP) is 1.15.